The summed E-state index contributed by atoms with van der Waals surface area (Å²) in [6.45, 7) is 4.06. The fraction of sp³-hybridized carbons (Fsp3) is 0.450. The van der Waals surface area contributed by atoms with Crippen molar-refractivity contribution in [2.45, 2.75) is 45.6 Å². The van der Waals surface area contributed by atoms with Crippen LogP contribution in [0, 0.1) is 12.8 Å². The van der Waals surface area contributed by atoms with E-state index in [1.807, 2.05) is 24.9 Å². The quantitative estimate of drug-likeness (QED) is 0.696. The summed E-state index contributed by atoms with van der Waals surface area (Å²) in [5, 5.41) is 4.69. The second-order valence-corrected chi connectivity index (χ2v) is 7.23. The highest BCUT2D eigenvalue weighted by molar-refractivity contribution is 6.06. The van der Waals surface area contributed by atoms with Crippen molar-refractivity contribution >= 4 is 17.0 Å². The van der Waals surface area contributed by atoms with Gasteiger partial charge in [-0.2, -0.15) is 0 Å². The largest absolute Gasteiger partial charge is 0.463 e. The van der Waals surface area contributed by atoms with Crippen molar-refractivity contribution in [2.24, 2.45) is 5.92 Å². The van der Waals surface area contributed by atoms with Crippen molar-refractivity contribution < 1.29 is 13.7 Å². The highest BCUT2D eigenvalue weighted by Gasteiger charge is 2.30. The maximum absolute atomic E-state index is 13.4. The summed E-state index contributed by atoms with van der Waals surface area (Å²) in [7, 11) is 1.90. The van der Waals surface area contributed by atoms with Gasteiger partial charge in [-0.15, -0.1) is 0 Å². The summed E-state index contributed by atoms with van der Waals surface area (Å²) in [4.78, 5) is 19.7. The van der Waals surface area contributed by atoms with Gasteiger partial charge in [0.05, 0.1) is 22.9 Å². The van der Waals surface area contributed by atoms with Gasteiger partial charge in [-0.25, -0.2) is 4.98 Å². The van der Waals surface area contributed by atoms with Crippen LogP contribution in [0.5, 0.6) is 0 Å². The first-order chi connectivity index (χ1) is 12.6. The van der Waals surface area contributed by atoms with Crippen LogP contribution in [0.25, 0.3) is 22.6 Å². The summed E-state index contributed by atoms with van der Waals surface area (Å²) >= 11 is 0. The van der Waals surface area contributed by atoms with Crippen molar-refractivity contribution in [3.63, 3.8) is 0 Å². The maximum atomic E-state index is 13.4. The minimum Gasteiger partial charge on any atom is -0.463 e. The van der Waals surface area contributed by atoms with Crippen molar-refractivity contribution in [3.05, 3.63) is 35.7 Å². The molecule has 2 unspecified atom stereocenters. The highest BCUT2D eigenvalue weighted by atomic mass is 16.5. The van der Waals surface area contributed by atoms with E-state index in [2.05, 4.69) is 17.1 Å². The lowest BCUT2D eigenvalue weighted by atomic mass is 9.85. The number of aryl methyl sites for hydroxylation is 1. The summed E-state index contributed by atoms with van der Waals surface area (Å²) < 4.78 is 10.8. The normalized spacial score (nSPS) is 20.4. The average molecular weight is 353 g/mol. The van der Waals surface area contributed by atoms with Crippen molar-refractivity contribution in [2.75, 3.05) is 7.05 Å². The topological polar surface area (TPSA) is 72.4 Å². The molecule has 1 fully saturated rings. The number of carbonyl (C=O) groups is 1. The number of pyridine rings is 1. The van der Waals surface area contributed by atoms with Crippen LogP contribution in [0.15, 0.2) is 33.4 Å². The van der Waals surface area contributed by atoms with E-state index < -0.39 is 0 Å². The second-order valence-electron chi connectivity index (χ2n) is 7.23. The number of furan rings is 1. The van der Waals surface area contributed by atoms with Gasteiger partial charge >= 0.3 is 0 Å². The first-order valence-electron chi connectivity index (χ1n) is 9.14. The molecular formula is C20H23N3O3. The minimum absolute atomic E-state index is 0.0183. The summed E-state index contributed by atoms with van der Waals surface area (Å²) in [5.74, 6) is 1.09. The summed E-state index contributed by atoms with van der Waals surface area (Å²) in [6, 6.07) is 5.66. The molecule has 2 atom stereocenters. The Hall–Kier alpha value is -2.63. The van der Waals surface area contributed by atoms with Gasteiger partial charge in [0.2, 0.25) is 0 Å². The lowest BCUT2D eigenvalue weighted by molar-refractivity contribution is 0.0631. The molecule has 26 heavy (non-hydrogen) atoms. The Morgan fingerprint density at radius 3 is 2.85 bits per heavy atom. The van der Waals surface area contributed by atoms with Crippen molar-refractivity contribution in [3.8, 4) is 11.5 Å². The Balaban J connectivity index is 1.79. The van der Waals surface area contributed by atoms with Crippen LogP contribution in [0.4, 0.5) is 0 Å². The first-order valence-corrected chi connectivity index (χ1v) is 9.14. The fourth-order valence-corrected chi connectivity index (χ4v) is 4.03. The van der Waals surface area contributed by atoms with Gasteiger partial charge in [-0.1, -0.05) is 24.9 Å². The van der Waals surface area contributed by atoms with E-state index in [1.54, 1.807) is 18.4 Å². The molecule has 6 heteroatoms. The van der Waals surface area contributed by atoms with E-state index in [1.165, 1.54) is 12.8 Å². The second kappa shape index (κ2) is 6.59. The number of nitrogens with zero attached hydrogens (tertiary/aromatic N) is 3. The van der Waals surface area contributed by atoms with E-state index in [4.69, 9.17) is 8.94 Å². The van der Waals surface area contributed by atoms with Gasteiger partial charge in [0.15, 0.2) is 5.76 Å². The smallest absolute Gasteiger partial charge is 0.259 e. The average Bonchev–Trinajstić information content (AvgIpc) is 3.31. The Bertz CT molecular complexity index is 929. The van der Waals surface area contributed by atoms with E-state index in [9.17, 15) is 4.79 Å². The predicted molar refractivity (Wildman–Crippen MR) is 97.8 cm³/mol. The van der Waals surface area contributed by atoms with E-state index in [0.717, 1.165) is 12.8 Å². The molecule has 0 spiro atoms. The maximum Gasteiger partial charge on any atom is 0.259 e. The molecule has 1 aliphatic carbocycles. The first kappa shape index (κ1) is 16.8. The molecule has 3 aromatic rings. The van der Waals surface area contributed by atoms with Gasteiger partial charge in [0.1, 0.15) is 5.69 Å². The molecule has 0 aliphatic heterocycles. The lowest BCUT2D eigenvalue weighted by Gasteiger charge is -2.36. The van der Waals surface area contributed by atoms with Gasteiger partial charge in [-0.3, -0.25) is 4.79 Å². The molecule has 4 rings (SSSR count). The Morgan fingerprint density at radius 2 is 2.12 bits per heavy atom. The molecule has 3 aromatic heterocycles. The number of amides is 1. The number of carbonyl (C=O) groups excluding carboxylic acids is 1. The number of hydrogen-bond acceptors (Lipinski definition) is 5. The molecule has 1 amide bonds. The summed E-state index contributed by atoms with van der Waals surface area (Å²) in [5.41, 5.74) is 2.18. The predicted octanol–water partition coefficient (Wildman–Crippen LogP) is 4.44. The van der Waals surface area contributed by atoms with Crippen LogP contribution in [0.3, 0.4) is 0 Å². The third-order valence-electron chi connectivity index (χ3n) is 5.51. The van der Waals surface area contributed by atoms with Gasteiger partial charge < -0.3 is 13.8 Å². The fourth-order valence-electron chi connectivity index (χ4n) is 4.03. The zero-order valence-electron chi connectivity index (χ0n) is 15.4. The summed E-state index contributed by atoms with van der Waals surface area (Å²) in [6.07, 6.45) is 6.21. The molecular weight excluding hydrogens is 330 g/mol. The SMILES string of the molecule is Cc1noc2nc(-c3ccco3)cc(C(=O)N(C)C3CCCCC3C)c12. The molecule has 0 bridgehead atoms. The van der Waals surface area contributed by atoms with Crippen LogP contribution in [-0.2, 0) is 0 Å². The number of aromatic nitrogens is 2. The van der Waals surface area contributed by atoms with E-state index >= 15 is 0 Å². The van der Waals surface area contributed by atoms with Crippen molar-refractivity contribution in [1.82, 2.24) is 15.0 Å². The van der Waals surface area contributed by atoms with Crippen LogP contribution in [0.2, 0.25) is 0 Å². The lowest BCUT2D eigenvalue weighted by Crippen LogP contribution is -2.42. The molecule has 0 radical (unpaired) electrons. The zero-order valence-corrected chi connectivity index (χ0v) is 15.4. The Labute approximate surface area is 152 Å². The molecule has 6 nitrogen and oxygen atoms in total. The number of rotatable bonds is 3. The number of hydrogen-bond donors (Lipinski definition) is 0. The van der Waals surface area contributed by atoms with Crippen LogP contribution >= 0.6 is 0 Å². The van der Waals surface area contributed by atoms with Crippen molar-refractivity contribution in [1.29, 1.82) is 0 Å². The third kappa shape index (κ3) is 2.79. The Kier molecular flexibility index (Phi) is 4.26. The van der Waals surface area contributed by atoms with Gasteiger partial charge in [-0.05, 0) is 43.9 Å². The molecule has 136 valence electrons. The molecule has 3 heterocycles. The molecule has 1 saturated carbocycles. The standard InChI is InChI=1S/C20H23N3O3/c1-12-7-4-5-8-16(12)23(3)20(24)14-11-15(17-9-6-10-25-17)21-19-18(14)13(2)22-26-19/h6,9-12,16H,4-5,7-8H2,1-3H3. The van der Waals surface area contributed by atoms with E-state index in [0.29, 0.717) is 39.7 Å². The van der Waals surface area contributed by atoms with E-state index in [-0.39, 0.29) is 11.9 Å². The van der Waals surface area contributed by atoms with Gasteiger partial charge in [0, 0.05) is 13.1 Å². The number of fused-ring (bicyclic) bond motifs is 1. The van der Waals surface area contributed by atoms with Crippen LogP contribution in [0.1, 0.15) is 48.7 Å². The molecule has 0 N–H and O–H groups in total. The third-order valence-corrected chi connectivity index (χ3v) is 5.51. The minimum atomic E-state index is -0.0183. The molecule has 0 saturated heterocycles. The monoisotopic (exact) mass is 353 g/mol. The van der Waals surface area contributed by atoms with Crippen LogP contribution in [-0.4, -0.2) is 34.0 Å². The molecule has 1 aliphatic rings. The molecule has 0 aromatic carbocycles. The van der Waals surface area contributed by atoms with Crippen LogP contribution < -0.4 is 0 Å². The zero-order chi connectivity index (χ0) is 18.3. The van der Waals surface area contributed by atoms with Gasteiger partial charge in [0.25, 0.3) is 11.6 Å². The Morgan fingerprint density at radius 1 is 1.31 bits per heavy atom. The highest BCUT2D eigenvalue weighted by Crippen LogP contribution is 2.31.